The predicted molar refractivity (Wildman–Crippen MR) is 116 cm³/mol. The lowest BCUT2D eigenvalue weighted by atomic mass is 10.0. The van der Waals surface area contributed by atoms with Crippen molar-refractivity contribution in [2.24, 2.45) is 0 Å². The first-order chi connectivity index (χ1) is 14.4. The van der Waals surface area contributed by atoms with Gasteiger partial charge in [0, 0.05) is 24.7 Å². The third kappa shape index (κ3) is 4.43. The Bertz CT molecular complexity index is 1130. The minimum Gasteiger partial charge on any atom is -0.320 e. The number of sulfonamides is 1. The van der Waals surface area contributed by atoms with Crippen molar-refractivity contribution >= 4 is 33.0 Å². The Morgan fingerprint density at radius 1 is 1.10 bits per heavy atom. The van der Waals surface area contributed by atoms with Gasteiger partial charge in [-0.15, -0.1) is 10.2 Å². The van der Waals surface area contributed by atoms with Crippen LogP contribution in [0.5, 0.6) is 0 Å². The number of piperidine rings is 1. The molecule has 4 rings (SSSR count). The van der Waals surface area contributed by atoms with E-state index in [2.05, 4.69) is 15.5 Å². The van der Waals surface area contributed by atoms with E-state index in [9.17, 15) is 13.2 Å². The monoisotopic (exact) mass is 442 g/mol. The average molecular weight is 443 g/mol. The van der Waals surface area contributed by atoms with Gasteiger partial charge >= 0.3 is 0 Å². The van der Waals surface area contributed by atoms with E-state index in [1.807, 2.05) is 31.2 Å². The van der Waals surface area contributed by atoms with Gasteiger partial charge in [0.25, 0.3) is 5.91 Å². The first-order valence-electron chi connectivity index (χ1n) is 9.70. The van der Waals surface area contributed by atoms with E-state index < -0.39 is 10.0 Å². The van der Waals surface area contributed by atoms with E-state index in [4.69, 9.17) is 0 Å². The Labute approximate surface area is 179 Å². The number of hydrogen-bond acceptors (Lipinski definition) is 6. The molecule has 7 nitrogen and oxygen atoms in total. The largest absolute Gasteiger partial charge is 0.320 e. The SMILES string of the molecule is Cc1ccc(NC(=O)c2nnc(C3CCCN(S(=O)(=O)c4ccccc4)C3)s2)cc1. The summed E-state index contributed by atoms with van der Waals surface area (Å²) in [5, 5.41) is 12.0. The molecule has 0 radical (unpaired) electrons. The van der Waals surface area contributed by atoms with Crippen LogP contribution in [0, 0.1) is 6.92 Å². The number of rotatable bonds is 5. The van der Waals surface area contributed by atoms with Crippen LogP contribution in [0.1, 0.15) is 39.1 Å². The van der Waals surface area contributed by atoms with Crippen molar-refractivity contribution in [1.29, 1.82) is 0 Å². The van der Waals surface area contributed by atoms with Crippen molar-refractivity contribution in [1.82, 2.24) is 14.5 Å². The minimum absolute atomic E-state index is 0.0735. The summed E-state index contributed by atoms with van der Waals surface area (Å²) in [6.07, 6.45) is 1.55. The normalized spacial score (nSPS) is 17.6. The highest BCUT2D eigenvalue weighted by Crippen LogP contribution is 2.32. The number of nitrogens with one attached hydrogen (secondary N) is 1. The van der Waals surface area contributed by atoms with Crippen LogP contribution in [0.25, 0.3) is 0 Å². The highest BCUT2D eigenvalue weighted by atomic mass is 32.2. The Kier molecular flexibility index (Phi) is 5.94. The molecule has 1 aliphatic rings. The van der Waals surface area contributed by atoms with Crippen LogP contribution in [0.15, 0.2) is 59.5 Å². The molecule has 2 aromatic carbocycles. The van der Waals surface area contributed by atoms with Gasteiger partial charge in [-0.05, 0) is 44.0 Å². The molecule has 9 heteroatoms. The molecule has 1 saturated heterocycles. The first-order valence-corrected chi connectivity index (χ1v) is 12.0. The summed E-state index contributed by atoms with van der Waals surface area (Å²) < 4.78 is 27.4. The lowest BCUT2D eigenvalue weighted by molar-refractivity contribution is 0.102. The van der Waals surface area contributed by atoms with Crippen molar-refractivity contribution in [3.8, 4) is 0 Å². The van der Waals surface area contributed by atoms with E-state index in [1.54, 1.807) is 30.3 Å². The van der Waals surface area contributed by atoms with Gasteiger partial charge in [0.15, 0.2) is 0 Å². The molecule has 30 heavy (non-hydrogen) atoms. The summed E-state index contributed by atoms with van der Waals surface area (Å²) in [7, 11) is -3.55. The zero-order chi connectivity index (χ0) is 21.1. The van der Waals surface area contributed by atoms with Crippen LogP contribution in [-0.2, 0) is 10.0 Å². The maximum absolute atomic E-state index is 12.9. The Morgan fingerprint density at radius 3 is 2.57 bits per heavy atom. The fourth-order valence-corrected chi connectivity index (χ4v) is 5.83. The molecule has 1 aromatic heterocycles. The standard InChI is InChI=1S/C21H22N4O3S2/c1-15-9-11-17(12-10-15)22-19(26)21-24-23-20(29-21)16-6-5-13-25(14-16)30(27,28)18-7-3-2-4-8-18/h2-4,7-12,16H,5-6,13-14H2,1H3,(H,22,26). The number of aromatic nitrogens is 2. The highest BCUT2D eigenvalue weighted by Gasteiger charge is 2.32. The number of hydrogen-bond donors (Lipinski definition) is 1. The summed E-state index contributed by atoms with van der Waals surface area (Å²) in [6, 6.07) is 16.0. The van der Waals surface area contributed by atoms with Crippen LogP contribution in [-0.4, -0.2) is 41.9 Å². The van der Waals surface area contributed by atoms with Crippen LogP contribution in [0.4, 0.5) is 5.69 Å². The van der Waals surface area contributed by atoms with Gasteiger partial charge in [0.1, 0.15) is 5.01 Å². The average Bonchev–Trinajstić information content (AvgIpc) is 3.27. The maximum Gasteiger partial charge on any atom is 0.286 e. The molecule has 156 valence electrons. The summed E-state index contributed by atoms with van der Waals surface area (Å²) in [5.41, 5.74) is 1.80. The highest BCUT2D eigenvalue weighted by molar-refractivity contribution is 7.89. The molecule has 1 atom stereocenters. The number of amides is 1. The lowest BCUT2D eigenvalue weighted by Crippen LogP contribution is -2.39. The maximum atomic E-state index is 12.9. The summed E-state index contributed by atoms with van der Waals surface area (Å²) in [6.45, 7) is 2.80. The zero-order valence-electron chi connectivity index (χ0n) is 16.5. The molecule has 1 N–H and O–H groups in total. The molecule has 2 heterocycles. The van der Waals surface area contributed by atoms with Crippen LogP contribution in [0.2, 0.25) is 0 Å². The van der Waals surface area contributed by atoms with Gasteiger partial charge in [0.2, 0.25) is 15.0 Å². The molecule has 1 amide bonds. The van der Waals surface area contributed by atoms with Crippen molar-refractivity contribution in [2.45, 2.75) is 30.6 Å². The van der Waals surface area contributed by atoms with Crippen LogP contribution >= 0.6 is 11.3 Å². The number of aryl methyl sites for hydroxylation is 1. The number of benzene rings is 2. The Morgan fingerprint density at radius 2 is 1.83 bits per heavy atom. The van der Waals surface area contributed by atoms with Gasteiger partial charge < -0.3 is 5.32 Å². The second kappa shape index (κ2) is 8.63. The molecule has 0 saturated carbocycles. The lowest BCUT2D eigenvalue weighted by Gasteiger charge is -2.30. The fourth-order valence-electron chi connectivity index (χ4n) is 3.42. The molecule has 1 fully saturated rings. The molecule has 3 aromatic rings. The van der Waals surface area contributed by atoms with Crippen molar-refractivity contribution in [3.63, 3.8) is 0 Å². The summed E-state index contributed by atoms with van der Waals surface area (Å²) in [5.74, 6) is -0.386. The van der Waals surface area contributed by atoms with Gasteiger partial charge in [-0.3, -0.25) is 4.79 Å². The van der Waals surface area contributed by atoms with E-state index in [0.29, 0.717) is 28.7 Å². The number of carbonyl (C=O) groups is 1. The molecule has 1 aliphatic heterocycles. The molecule has 1 unspecified atom stereocenters. The van der Waals surface area contributed by atoms with Crippen molar-refractivity contribution in [2.75, 3.05) is 18.4 Å². The van der Waals surface area contributed by atoms with Gasteiger partial charge in [-0.2, -0.15) is 4.31 Å². The number of nitrogens with zero attached hydrogens (tertiary/aromatic N) is 3. The minimum atomic E-state index is -3.55. The smallest absolute Gasteiger partial charge is 0.286 e. The predicted octanol–water partition coefficient (Wildman–Crippen LogP) is 3.67. The van der Waals surface area contributed by atoms with Crippen molar-refractivity contribution in [3.05, 3.63) is 70.2 Å². The number of anilines is 1. The quantitative estimate of drug-likeness (QED) is 0.651. The third-order valence-electron chi connectivity index (χ3n) is 5.06. The van der Waals surface area contributed by atoms with Crippen molar-refractivity contribution < 1.29 is 13.2 Å². The molecular weight excluding hydrogens is 420 g/mol. The molecule has 0 bridgehead atoms. The number of carbonyl (C=O) groups excluding carboxylic acids is 1. The van der Waals surface area contributed by atoms with Crippen LogP contribution < -0.4 is 5.32 Å². The zero-order valence-corrected chi connectivity index (χ0v) is 18.1. The Balaban J connectivity index is 1.46. The summed E-state index contributed by atoms with van der Waals surface area (Å²) in [4.78, 5) is 12.8. The van der Waals surface area contributed by atoms with Gasteiger partial charge in [-0.25, -0.2) is 8.42 Å². The summed E-state index contributed by atoms with van der Waals surface area (Å²) >= 11 is 1.22. The van der Waals surface area contributed by atoms with Gasteiger partial charge in [-0.1, -0.05) is 47.2 Å². The van der Waals surface area contributed by atoms with E-state index in [0.717, 1.165) is 18.4 Å². The molecule has 0 aliphatic carbocycles. The van der Waals surface area contributed by atoms with Gasteiger partial charge in [0.05, 0.1) is 4.90 Å². The third-order valence-corrected chi connectivity index (χ3v) is 8.02. The molecular formula is C21H22N4O3S2. The molecule has 0 spiro atoms. The van der Waals surface area contributed by atoms with E-state index in [-0.39, 0.29) is 16.8 Å². The van der Waals surface area contributed by atoms with E-state index >= 15 is 0 Å². The van der Waals surface area contributed by atoms with Crippen LogP contribution in [0.3, 0.4) is 0 Å². The van der Waals surface area contributed by atoms with E-state index in [1.165, 1.54) is 15.6 Å². The fraction of sp³-hybridized carbons (Fsp3) is 0.286. The topological polar surface area (TPSA) is 92.3 Å². The second-order valence-corrected chi connectivity index (χ2v) is 10.2. The first kappa shape index (κ1) is 20.6. The second-order valence-electron chi connectivity index (χ2n) is 7.28. The Hall–Kier alpha value is -2.62.